The summed E-state index contributed by atoms with van der Waals surface area (Å²) in [7, 11) is 0. The molecule has 0 aromatic carbocycles. The first kappa shape index (κ1) is 21.8. The lowest BCUT2D eigenvalue weighted by Gasteiger charge is -2.36. The van der Waals surface area contributed by atoms with E-state index in [2.05, 4.69) is 11.1 Å². The average molecular weight is 447 g/mol. The van der Waals surface area contributed by atoms with Crippen LogP contribution in [0.3, 0.4) is 0 Å². The Hall–Kier alpha value is -3.06. The van der Waals surface area contributed by atoms with Gasteiger partial charge in [0.05, 0.1) is 16.6 Å². The number of carbonyl (C=O) groups is 1. The first-order chi connectivity index (χ1) is 15.5. The lowest BCUT2D eigenvalue weighted by molar-refractivity contribution is -0.0190. The fraction of sp³-hybridized carbons (Fsp3) is 0.462. The molecule has 0 amide bonds. The lowest BCUT2D eigenvalue weighted by atomic mass is 9.84. The van der Waals surface area contributed by atoms with Crippen LogP contribution in [0.5, 0.6) is 5.88 Å². The zero-order chi connectivity index (χ0) is 23.5. The smallest absolute Gasteiger partial charge is 0.340 e. The van der Waals surface area contributed by atoms with Gasteiger partial charge in [0.25, 0.3) is 0 Å². The van der Waals surface area contributed by atoms with Crippen LogP contribution < -0.4 is 10.5 Å². The number of nitrogens with two attached hydrogens (primary N) is 1. The summed E-state index contributed by atoms with van der Waals surface area (Å²) in [6.07, 6.45) is 6.55. The molecule has 1 saturated carbocycles. The predicted octanol–water partition coefficient (Wildman–Crippen LogP) is 4.40. The zero-order valence-corrected chi connectivity index (χ0v) is 19.8. The van der Waals surface area contributed by atoms with Gasteiger partial charge < -0.3 is 15.2 Å². The third kappa shape index (κ3) is 4.06. The third-order valence-electron chi connectivity index (χ3n) is 6.66. The number of rotatable bonds is 5. The van der Waals surface area contributed by atoms with Crippen LogP contribution in [-0.2, 0) is 16.7 Å². The van der Waals surface area contributed by atoms with Crippen molar-refractivity contribution in [2.75, 3.05) is 0 Å². The summed E-state index contributed by atoms with van der Waals surface area (Å²) >= 11 is 0. The second kappa shape index (κ2) is 7.48. The van der Waals surface area contributed by atoms with E-state index in [1.165, 1.54) is 0 Å². The van der Waals surface area contributed by atoms with Crippen molar-refractivity contribution in [3.05, 3.63) is 58.8 Å². The molecule has 0 radical (unpaired) electrons. The van der Waals surface area contributed by atoms with Gasteiger partial charge in [0.1, 0.15) is 11.7 Å². The van der Waals surface area contributed by atoms with E-state index >= 15 is 0 Å². The molecule has 3 aromatic heterocycles. The highest BCUT2D eigenvalue weighted by Gasteiger charge is 2.40. The molecule has 4 heterocycles. The molecule has 0 bridgehead atoms. The van der Waals surface area contributed by atoms with Crippen LogP contribution in [0.4, 0.5) is 0 Å². The SMILES string of the molecule is C[C@@H]1c2nc(Cc3cc4c(C(C)(C)N)cnc(OC5CC5)c4cn3)ccc2C(=O)OC1(C)C. The van der Waals surface area contributed by atoms with Gasteiger partial charge >= 0.3 is 5.97 Å². The van der Waals surface area contributed by atoms with Gasteiger partial charge in [-0.2, -0.15) is 0 Å². The summed E-state index contributed by atoms with van der Waals surface area (Å²) in [4.78, 5) is 26.5. The van der Waals surface area contributed by atoms with Gasteiger partial charge in [0.2, 0.25) is 5.88 Å². The number of aromatic nitrogens is 3. The molecule has 0 spiro atoms. The molecule has 33 heavy (non-hydrogen) atoms. The Bertz CT molecular complexity index is 1260. The number of pyridine rings is 3. The van der Waals surface area contributed by atoms with Crippen molar-refractivity contribution < 1.29 is 14.3 Å². The van der Waals surface area contributed by atoms with E-state index in [0.29, 0.717) is 17.9 Å². The largest absolute Gasteiger partial charge is 0.474 e. The number of fused-ring (bicyclic) bond motifs is 2. The quantitative estimate of drug-likeness (QED) is 0.580. The maximum atomic E-state index is 12.4. The monoisotopic (exact) mass is 446 g/mol. The molecule has 7 nitrogen and oxygen atoms in total. The maximum Gasteiger partial charge on any atom is 0.340 e. The standard InChI is InChI=1S/C26H30N4O3/c1-14-22-18(24(31)33-26(14,4)5)9-6-15(30-22)10-16-11-19-20(12-28-16)23(32-17-7-8-17)29-13-21(19)25(2,3)27/h6,9,11-14,17H,7-8,10,27H2,1-5H3/t14-/m1/s1. The van der Waals surface area contributed by atoms with Gasteiger partial charge in [0, 0.05) is 41.7 Å². The molecule has 2 aliphatic rings. The van der Waals surface area contributed by atoms with Gasteiger partial charge in [-0.1, -0.05) is 6.92 Å². The van der Waals surface area contributed by atoms with Crippen LogP contribution in [0, 0.1) is 0 Å². The second-order valence-electron chi connectivity index (χ2n) is 10.4. The van der Waals surface area contributed by atoms with Crippen molar-refractivity contribution in [1.29, 1.82) is 0 Å². The normalized spacial score (nSPS) is 19.8. The molecule has 1 aliphatic heterocycles. The maximum absolute atomic E-state index is 12.4. The van der Waals surface area contributed by atoms with Crippen LogP contribution in [0.25, 0.3) is 10.8 Å². The number of ether oxygens (including phenoxy) is 2. The minimum absolute atomic E-state index is 0.00689. The third-order valence-corrected chi connectivity index (χ3v) is 6.66. The van der Waals surface area contributed by atoms with Crippen molar-refractivity contribution in [2.45, 2.75) is 77.0 Å². The summed E-state index contributed by atoms with van der Waals surface area (Å²) in [6.45, 7) is 9.82. The Labute approximate surface area is 193 Å². The fourth-order valence-corrected chi connectivity index (χ4v) is 4.22. The van der Waals surface area contributed by atoms with Crippen molar-refractivity contribution >= 4 is 16.7 Å². The Balaban J connectivity index is 1.53. The Morgan fingerprint density at radius 3 is 2.61 bits per heavy atom. The molecule has 0 saturated heterocycles. The highest BCUT2D eigenvalue weighted by Crippen LogP contribution is 2.38. The van der Waals surface area contributed by atoms with Gasteiger partial charge in [-0.3, -0.25) is 9.97 Å². The summed E-state index contributed by atoms with van der Waals surface area (Å²) in [5, 5.41) is 1.87. The topological polar surface area (TPSA) is 100 Å². The lowest BCUT2D eigenvalue weighted by Crippen LogP contribution is -2.39. The van der Waals surface area contributed by atoms with Crippen molar-refractivity contribution in [1.82, 2.24) is 15.0 Å². The molecule has 7 heteroatoms. The number of esters is 1. The highest BCUT2D eigenvalue weighted by atomic mass is 16.6. The number of nitrogens with zero attached hydrogens (tertiary/aromatic N) is 3. The molecule has 0 unspecified atom stereocenters. The molecule has 3 aromatic rings. The van der Waals surface area contributed by atoms with Crippen LogP contribution in [0.2, 0.25) is 0 Å². The Morgan fingerprint density at radius 2 is 1.91 bits per heavy atom. The van der Waals surface area contributed by atoms with Crippen LogP contribution in [0.1, 0.15) is 86.4 Å². The highest BCUT2D eigenvalue weighted by molar-refractivity contribution is 5.92. The van der Waals surface area contributed by atoms with E-state index in [1.54, 1.807) is 0 Å². The van der Waals surface area contributed by atoms with Gasteiger partial charge in [-0.15, -0.1) is 0 Å². The molecule has 2 N–H and O–H groups in total. The van der Waals surface area contributed by atoms with Crippen LogP contribution in [-0.4, -0.2) is 32.6 Å². The minimum atomic E-state index is -0.594. The predicted molar refractivity (Wildman–Crippen MR) is 125 cm³/mol. The van der Waals surface area contributed by atoms with Crippen molar-refractivity contribution in [2.24, 2.45) is 5.73 Å². The molecule has 172 valence electrons. The Kier molecular flexibility index (Phi) is 4.94. The molecular formula is C26H30N4O3. The molecule has 1 aliphatic carbocycles. The first-order valence-corrected chi connectivity index (χ1v) is 11.5. The van der Waals surface area contributed by atoms with Crippen LogP contribution >= 0.6 is 0 Å². The van der Waals surface area contributed by atoms with Crippen molar-refractivity contribution in [3.63, 3.8) is 0 Å². The zero-order valence-electron chi connectivity index (χ0n) is 19.8. The van der Waals surface area contributed by atoms with E-state index in [1.807, 2.05) is 59.1 Å². The summed E-state index contributed by atoms with van der Waals surface area (Å²) < 4.78 is 11.6. The van der Waals surface area contributed by atoms with Gasteiger partial charge in [-0.25, -0.2) is 9.78 Å². The number of hydrogen-bond acceptors (Lipinski definition) is 7. The fourth-order valence-electron chi connectivity index (χ4n) is 4.22. The number of hydrogen-bond donors (Lipinski definition) is 1. The van der Waals surface area contributed by atoms with E-state index in [4.69, 9.17) is 25.2 Å². The molecule has 1 atom stereocenters. The van der Waals surface area contributed by atoms with E-state index < -0.39 is 11.1 Å². The van der Waals surface area contributed by atoms with E-state index in [-0.39, 0.29) is 18.0 Å². The van der Waals surface area contributed by atoms with Crippen LogP contribution in [0.15, 0.2) is 30.6 Å². The molecular weight excluding hydrogens is 416 g/mol. The van der Waals surface area contributed by atoms with E-state index in [0.717, 1.165) is 46.3 Å². The number of carbonyl (C=O) groups excluding carboxylic acids is 1. The molecule has 1 fully saturated rings. The minimum Gasteiger partial charge on any atom is -0.474 e. The number of cyclic esters (lactones) is 1. The van der Waals surface area contributed by atoms with E-state index in [9.17, 15) is 4.79 Å². The summed E-state index contributed by atoms with van der Waals surface area (Å²) in [5.74, 6) is 0.287. The van der Waals surface area contributed by atoms with Gasteiger partial charge in [0.15, 0.2) is 0 Å². The van der Waals surface area contributed by atoms with Crippen molar-refractivity contribution in [3.8, 4) is 5.88 Å². The second-order valence-corrected chi connectivity index (χ2v) is 10.4. The average Bonchev–Trinajstić information content (AvgIpc) is 3.55. The Morgan fingerprint density at radius 1 is 1.15 bits per heavy atom. The molecule has 5 rings (SSSR count). The summed E-state index contributed by atoms with van der Waals surface area (Å²) in [6, 6.07) is 5.75. The summed E-state index contributed by atoms with van der Waals surface area (Å²) in [5.41, 5.74) is 9.30. The first-order valence-electron chi connectivity index (χ1n) is 11.5. The van der Waals surface area contributed by atoms with Gasteiger partial charge in [-0.05, 0) is 69.7 Å².